The highest BCUT2D eigenvalue weighted by atomic mass is 32.1. The van der Waals surface area contributed by atoms with Crippen molar-refractivity contribution in [2.75, 3.05) is 5.32 Å². The van der Waals surface area contributed by atoms with E-state index >= 15 is 0 Å². The lowest BCUT2D eigenvalue weighted by atomic mass is 10.1. The average molecular weight is 319 g/mol. The van der Waals surface area contributed by atoms with Gasteiger partial charge in [-0.3, -0.25) is 9.59 Å². The van der Waals surface area contributed by atoms with Gasteiger partial charge in [0.2, 0.25) is 5.91 Å². The summed E-state index contributed by atoms with van der Waals surface area (Å²) >= 11 is 1.37. The van der Waals surface area contributed by atoms with Crippen LogP contribution in [0.1, 0.15) is 49.0 Å². The molecule has 0 bridgehead atoms. The second-order valence-corrected chi connectivity index (χ2v) is 6.66. The van der Waals surface area contributed by atoms with Crippen molar-refractivity contribution in [3.63, 3.8) is 0 Å². The largest absolute Gasteiger partial charge is 0.311 e. The number of amides is 1. The molecule has 0 spiro atoms. The minimum absolute atomic E-state index is 0.0282. The van der Waals surface area contributed by atoms with Crippen LogP contribution in [0.5, 0.6) is 0 Å². The van der Waals surface area contributed by atoms with Crippen LogP contribution in [0.2, 0.25) is 0 Å². The van der Waals surface area contributed by atoms with Crippen LogP contribution in [-0.2, 0) is 11.2 Å². The van der Waals surface area contributed by atoms with Gasteiger partial charge in [0.15, 0.2) is 5.78 Å². The summed E-state index contributed by atoms with van der Waals surface area (Å²) < 4.78 is 1.83. The normalized spacial score (nSPS) is 12.4. The molecule has 22 heavy (non-hydrogen) atoms. The molecule has 0 saturated carbocycles. The van der Waals surface area contributed by atoms with Crippen molar-refractivity contribution in [1.82, 2.24) is 9.78 Å². The Labute approximate surface area is 134 Å². The Hall–Kier alpha value is -1.95. The third-order valence-electron chi connectivity index (χ3n) is 3.65. The Kier molecular flexibility index (Phi) is 5.13. The predicted octanol–water partition coefficient (Wildman–Crippen LogP) is 3.55. The number of rotatable bonds is 6. The standard InChI is InChI=1S/C16H21N3O2S/c1-10(2)11(3)19-15(5-6-17-19)18-16(21)8-13-7-14(12(4)20)22-9-13/h5-7,9-11H,8H2,1-4H3,(H,18,21)/t11-/m1/s1. The molecule has 0 fully saturated rings. The van der Waals surface area contributed by atoms with Crippen LogP contribution >= 0.6 is 11.3 Å². The van der Waals surface area contributed by atoms with Gasteiger partial charge in [0.05, 0.1) is 23.5 Å². The van der Waals surface area contributed by atoms with Gasteiger partial charge in [-0.1, -0.05) is 13.8 Å². The summed E-state index contributed by atoms with van der Waals surface area (Å²) in [7, 11) is 0. The van der Waals surface area contributed by atoms with Gasteiger partial charge in [0.25, 0.3) is 0 Å². The lowest BCUT2D eigenvalue weighted by Gasteiger charge is -2.19. The fraction of sp³-hybridized carbons (Fsp3) is 0.438. The molecule has 1 N–H and O–H groups in total. The molecule has 1 amide bonds. The Morgan fingerprint density at radius 3 is 2.68 bits per heavy atom. The van der Waals surface area contributed by atoms with Crippen molar-refractivity contribution in [2.45, 2.75) is 40.2 Å². The molecule has 118 valence electrons. The minimum Gasteiger partial charge on any atom is -0.311 e. The van der Waals surface area contributed by atoms with Crippen molar-refractivity contribution < 1.29 is 9.59 Å². The molecule has 6 heteroatoms. The highest BCUT2D eigenvalue weighted by Gasteiger charge is 2.16. The van der Waals surface area contributed by atoms with Crippen LogP contribution < -0.4 is 5.32 Å². The van der Waals surface area contributed by atoms with Crippen molar-refractivity contribution in [2.24, 2.45) is 5.92 Å². The zero-order valence-electron chi connectivity index (χ0n) is 13.3. The number of hydrogen-bond acceptors (Lipinski definition) is 4. The second-order valence-electron chi connectivity index (χ2n) is 5.75. The lowest BCUT2D eigenvalue weighted by Crippen LogP contribution is -2.20. The Bertz CT molecular complexity index is 672. The van der Waals surface area contributed by atoms with E-state index in [1.807, 2.05) is 10.1 Å². The van der Waals surface area contributed by atoms with Gasteiger partial charge in [0, 0.05) is 6.07 Å². The van der Waals surface area contributed by atoms with E-state index in [2.05, 4.69) is 31.2 Å². The van der Waals surface area contributed by atoms with Crippen LogP contribution in [-0.4, -0.2) is 21.5 Å². The molecule has 1 atom stereocenters. The SMILES string of the molecule is CC(=O)c1cc(CC(=O)Nc2ccnn2[C@H](C)C(C)C)cs1. The first kappa shape index (κ1) is 16.4. The van der Waals surface area contributed by atoms with Crippen LogP contribution in [0.3, 0.4) is 0 Å². The Morgan fingerprint density at radius 2 is 2.09 bits per heavy atom. The van der Waals surface area contributed by atoms with Crippen molar-refractivity contribution >= 4 is 28.8 Å². The number of ketones is 1. The average Bonchev–Trinajstić information content (AvgIpc) is 3.07. The maximum atomic E-state index is 12.2. The summed E-state index contributed by atoms with van der Waals surface area (Å²) in [6, 6.07) is 3.78. The zero-order chi connectivity index (χ0) is 16.3. The molecule has 0 aliphatic rings. The van der Waals surface area contributed by atoms with Gasteiger partial charge >= 0.3 is 0 Å². The maximum absolute atomic E-state index is 12.2. The number of Topliss-reactive ketones (excluding diaryl/α,β-unsaturated/α-hetero) is 1. The highest BCUT2D eigenvalue weighted by Crippen LogP contribution is 2.21. The van der Waals surface area contributed by atoms with Gasteiger partial charge < -0.3 is 5.32 Å². The van der Waals surface area contributed by atoms with Crippen molar-refractivity contribution in [1.29, 1.82) is 0 Å². The summed E-state index contributed by atoms with van der Waals surface area (Å²) in [5.74, 6) is 1.05. The molecule has 0 aromatic carbocycles. The number of thiophene rings is 1. The molecule has 5 nitrogen and oxygen atoms in total. The highest BCUT2D eigenvalue weighted by molar-refractivity contribution is 7.12. The van der Waals surface area contributed by atoms with Crippen molar-refractivity contribution in [3.05, 3.63) is 34.2 Å². The van der Waals surface area contributed by atoms with Gasteiger partial charge in [-0.05, 0) is 36.8 Å². The first-order valence-corrected chi connectivity index (χ1v) is 8.18. The van der Waals surface area contributed by atoms with Crippen LogP contribution in [0, 0.1) is 5.92 Å². The summed E-state index contributed by atoms with van der Waals surface area (Å²) in [4.78, 5) is 24.1. The maximum Gasteiger partial charge on any atom is 0.229 e. The molecular weight excluding hydrogens is 298 g/mol. The predicted molar refractivity (Wildman–Crippen MR) is 88.4 cm³/mol. The lowest BCUT2D eigenvalue weighted by molar-refractivity contribution is -0.115. The number of carbonyl (C=O) groups is 2. The quantitative estimate of drug-likeness (QED) is 0.828. The van der Waals surface area contributed by atoms with Gasteiger partial charge in [0.1, 0.15) is 5.82 Å². The molecule has 0 unspecified atom stereocenters. The number of nitrogens with zero attached hydrogens (tertiary/aromatic N) is 2. The first-order valence-electron chi connectivity index (χ1n) is 7.30. The van der Waals surface area contributed by atoms with E-state index in [9.17, 15) is 9.59 Å². The number of carbonyl (C=O) groups excluding carboxylic acids is 2. The third-order valence-corrected chi connectivity index (χ3v) is 4.73. The fourth-order valence-corrected chi connectivity index (χ4v) is 2.86. The Morgan fingerprint density at radius 1 is 1.36 bits per heavy atom. The molecule has 0 radical (unpaired) electrons. The second kappa shape index (κ2) is 6.87. The van der Waals surface area contributed by atoms with E-state index < -0.39 is 0 Å². The fourth-order valence-electron chi connectivity index (χ4n) is 2.05. The van der Waals surface area contributed by atoms with E-state index in [1.54, 1.807) is 18.3 Å². The monoisotopic (exact) mass is 319 g/mol. The summed E-state index contributed by atoms with van der Waals surface area (Å²) in [5.41, 5.74) is 0.857. The first-order chi connectivity index (χ1) is 10.4. The Balaban J connectivity index is 2.03. The molecule has 2 aromatic heterocycles. The number of aromatic nitrogens is 2. The third kappa shape index (κ3) is 3.82. The molecule has 2 heterocycles. The van der Waals surface area contributed by atoms with Crippen LogP contribution in [0.25, 0.3) is 0 Å². The van der Waals surface area contributed by atoms with Gasteiger partial charge in [-0.2, -0.15) is 5.10 Å². The van der Waals surface area contributed by atoms with E-state index in [0.717, 1.165) is 5.56 Å². The molecule has 0 aliphatic carbocycles. The van der Waals surface area contributed by atoms with E-state index in [-0.39, 0.29) is 24.2 Å². The number of nitrogens with one attached hydrogen (secondary N) is 1. The molecule has 2 rings (SSSR count). The molecular formula is C16H21N3O2S. The molecule has 2 aromatic rings. The van der Waals surface area contributed by atoms with Gasteiger partial charge in [-0.15, -0.1) is 11.3 Å². The van der Waals surface area contributed by atoms with E-state index in [1.165, 1.54) is 18.3 Å². The van der Waals surface area contributed by atoms with Crippen LogP contribution in [0.15, 0.2) is 23.7 Å². The summed E-state index contributed by atoms with van der Waals surface area (Å²) in [5, 5.41) is 9.03. The smallest absolute Gasteiger partial charge is 0.229 e. The minimum atomic E-state index is -0.106. The topological polar surface area (TPSA) is 64.0 Å². The molecule has 0 aliphatic heterocycles. The van der Waals surface area contributed by atoms with Crippen LogP contribution in [0.4, 0.5) is 5.82 Å². The zero-order valence-corrected chi connectivity index (χ0v) is 14.1. The summed E-state index contributed by atoms with van der Waals surface area (Å²) in [6.07, 6.45) is 1.94. The van der Waals surface area contributed by atoms with E-state index in [4.69, 9.17) is 0 Å². The number of hydrogen-bond donors (Lipinski definition) is 1. The van der Waals surface area contributed by atoms with Crippen molar-refractivity contribution in [3.8, 4) is 0 Å². The molecule has 0 saturated heterocycles. The summed E-state index contributed by atoms with van der Waals surface area (Å²) in [6.45, 7) is 7.84. The number of anilines is 1. The van der Waals surface area contributed by atoms with Gasteiger partial charge in [-0.25, -0.2) is 4.68 Å². The van der Waals surface area contributed by atoms with E-state index in [0.29, 0.717) is 16.6 Å².